The number of hydrogen-bond acceptors (Lipinski definition) is 2. The van der Waals surface area contributed by atoms with Crippen LogP contribution in [0.5, 0.6) is 0 Å². The number of rotatable bonds is 6. The number of carbonyl (C=O) groups is 1. The maximum Gasteiger partial charge on any atom is 0.418 e. The molecule has 0 aliphatic rings. The molecule has 0 heterocycles. The maximum atomic E-state index is 13.0. The first kappa shape index (κ1) is 16.1. The molecule has 0 aromatic heterocycles. The van der Waals surface area contributed by atoms with Gasteiger partial charge >= 0.3 is 12.1 Å². The van der Waals surface area contributed by atoms with Crippen LogP contribution in [0.25, 0.3) is 0 Å². The molecule has 1 N–H and O–H groups in total. The molecule has 1 rings (SSSR count). The number of halogens is 3. The molecule has 0 amide bonds. The second-order valence-electron chi connectivity index (χ2n) is 4.45. The Balaban J connectivity index is 3.15. The Hall–Kier alpha value is -1.98. The van der Waals surface area contributed by atoms with E-state index in [1.807, 2.05) is 0 Å². The number of para-hydroxylation sites is 1. The minimum Gasteiger partial charge on any atom is -0.481 e. The van der Waals surface area contributed by atoms with Gasteiger partial charge in [0.05, 0.1) is 11.5 Å². The van der Waals surface area contributed by atoms with Gasteiger partial charge in [-0.05, 0) is 12.1 Å². The van der Waals surface area contributed by atoms with Crippen molar-refractivity contribution >= 4 is 11.7 Å². The van der Waals surface area contributed by atoms with E-state index in [4.69, 9.17) is 5.11 Å². The molecule has 0 radical (unpaired) electrons. The molecule has 0 bridgehead atoms. The highest BCUT2D eigenvalue weighted by atomic mass is 19.4. The first-order valence-electron chi connectivity index (χ1n) is 6.02. The lowest BCUT2D eigenvalue weighted by Crippen LogP contribution is -2.33. The minimum atomic E-state index is -4.48. The summed E-state index contributed by atoms with van der Waals surface area (Å²) in [6.45, 7) is 5.08. The molecular weight excluding hydrogens is 271 g/mol. The van der Waals surface area contributed by atoms with Crippen LogP contribution in [0.1, 0.15) is 12.5 Å². The van der Waals surface area contributed by atoms with Crippen LogP contribution in [0, 0.1) is 5.92 Å². The van der Waals surface area contributed by atoms with Crippen molar-refractivity contribution in [3.8, 4) is 0 Å². The molecule has 0 aliphatic carbocycles. The van der Waals surface area contributed by atoms with E-state index >= 15 is 0 Å². The zero-order valence-electron chi connectivity index (χ0n) is 11.0. The molecule has 0 saturated heterocycles. The van der Waals surface area contributed by atoms with Gasteiger partial charge in [0, 0.05) is 18.8 Å². The largest absolute Gasteiger partial charge is 0.481 e. The van der Waals surface area contributed by atoms with E-state index in [1.165, 1.54) is 36.1 Å². The fraction of sp³-hybridized carbons (Fsp3) is 0.357. The zero-order valence-corrected chi connectivity index (χ0v) is 11.0. The summed E-state index contributed by atoms with van der Waals surface area (Å²) in [5.41, 5.74) is -0.813. The molecular formula is C14H16F3NO2. The lowest BCUT2D eigenvalue weighted by atomic mass is 10.1. The van der Waals surface area contributed by atoms with Crippen LogP contribution in [-0.2, 0) is 11.0 Å². The van der Waals surface area contributed by atoms with E-state index in [9.17, 15) is 18.0 Å². The van der Waals surface area contributed by atoms with Crippen molar-refractivity contribution < 1.29 is 23.1 Å². The summed E-state index contributed by atoms with van der Waals surface area (Å²) in [4.78, 5) is 12.2. The summed E-state index contributed by atoms with van der Waals surface area (Å²) < 4.78 is 38.9. The van der Waals surface area contributed by atoms with Crippen LogP contribution in [0.3, 0.4) is 0 Å². The van der Waals surface area contributed by atoms with Crippen molar-refractivity contribution in [2.75, 3.05) is 18.0 Å². The first-order valence-corrected chi connectivity index (χ1v) is 6.02. The van der Waals surface area contributed by atoms with Crippen LogP contribution in [0.4, 0.5) is 18.9 Å². The Bertz CT molecular complexity index is 486. The third-order valence-corrected chi connectivity index (χ3v) is 2.82. The van der Waals surface area contributed by atoms with Crippen molar-refractivity contribution in [3.63, 3.8) is 0 Å². The van der Waals surface area contributed by atoms with Crippen molar-refractivity contribution in [2.45, 2.75) is 13.1 Å². The van der Waals surface area contributed by atoms with Gasteiger partial charge in [0.15, 0.2) is 0 Å². The molecule has 0 fully saturated rings. The molecule has 20 heavy (non-hydrogen) atoms. The van der Waals surface area contributed by atoms with Crippen LogP contribution in [0.15, 0.2) is 36.9 Å². The fourth-order valence-electron chi connectivity index (χ4n) is 1.82. The van der Waals surface area contributed by atoms with Gasteiger partial charge in [-0.25, -0.2) is 0 Å². The predicted molar refractivity (Wildman–Crippen MR) is 70.7 cm³/mol. The monoisotopic (exact) mass is 287 g/mol. The van der Waals surface area contributed by atoms with Crippen LogP contribution in [-0.4, -0.2) is 24.2 Å². The summed E-state index contributed by atoms with van der Waals surface area (Å²) in [5, 5.41) is 8.90. The van der Waals surface area contributed by atoms with Gasteiger partial charge in [0.25, 0.3) is 0 Å². The number of anilines is 1. The summed E-state index contributed by atoms with van der Waals surface area (Å²) in [6.07, 6.45) is -3.04. The Morgan fingerprint density at radius 3 is 2.55 bits per heavy atom. The van der Waals surface area contributed by atoms with Crippen molar-refractivity contribution in [1.29, 1.82) is 0 Å². The quantitative estimate of drug-likeness (QED) is 0.815. The Kier molecular flexibility index (Phi) is 5.19. The van der Waals surface area contributed by atoms with E-state index in [2.05, 4.69) is 6.58 Å². The SMILES string of the molecule is C=CCN(CC(C)C(=O)O)c1ccccc1C(F)(F)F. The van der Waals surface area contributed by atoms with Gasteiger partial charge in [-0.15, -0.1) is 6.58 Å². The Labute approximate surface area is 115 Å². The minimum absolute atomic E-state index is 0.0194. The molecule has 0 spiro atoms. The summed E-state index contributed by atoms with van der Waals surface area (Å²) in [6, 6.07) is 5.11. The number of hydrogen-bond donors (Lipinski definition) is 1. The summed E-state index contributed by atoms with van der Waals surface area (Å²) in [5.74, 6) is -1.83. The normalized spacial score (nSPS) is 12.8. The number of carboxylic acids is 1. The van der Waals surface area contributed by atoms with Crippen molar-refractivity contribution in [3.05, 3.63) is 42.5 Å². The van der Waals surface area contributed by atoms with Gasteiger partial charge in [0.2, 0.25) is 0 Å². The number of aliphatic carboxylic acids is 1. The second-order valence-corrected chi connectivity index (χ2v) is 4.45. The lowest BCUT2D eigenvalue weighted by Gasteiger charge is -2.28. The molecule has 0 aliphatic heterocycles. The highest BCUT2D eigenvalue weighted by molar-refractivity contribution is 5.70. The van der Waals surface area contributed by atoms with Crippen LogP contribution >= 0.6 is 0 Å². The highest BCUT2D eigenvalue weighted by Gasteiger charge is 2.34. The Morgan fingerprint density at radius 2 is 2.05 bits per heavy atom. The van der Waals surface area contributed by atoms with Gasteiger partial charge in [-0.2, -0.15) is 13.2 Å². The first-order chi connectivity index (χ1) is 9.27. The summed E-state index contributed by atoms with van der Waals surface area (Å²) >= 11 is 0. The van der Waals surface area contributed by atoms with Gasteiger partial charge in [-0.3, -0.25) is 4.79 Å². The predicted octanol–water partition coefficient (Wildman–Crippen LogP) is 3.42. The highest BCUT2D eigenvalue weighted by Crippen LogP contribution is 2.36. The molecule has 1 aromatic rings. The molecule has 6 heteroatoms. The maximum absolute atomic E-state index is 13.0. The third kappa shape index (κ3) is 4.01. The van der Waals surface area contributed by atoms with Crippen LogP contribution in [0.2, 0.25) is 0 Å². The number of carboxylic acid groups (broad SMARTS) is 1. The number of alkyl halides is 3. The summed E-state index contributed by atoms with van der Waals surface area (Å²) in [7, 11) is 0. The fourth-order valence-corrected chi connectivity index (χ4v) is 1.82. The topological polar surface area (TPSA) is 40.5 Å². The third-order valence-electron chi connectivity index (χ3n) is 2.82. The molecule has 1 atom stereocenters. The average Bonchev–Trinajstić information content (AvgIpc) is 2.37. The molecule has 3 nitrogen and oxygen atoms in total. The molecule has 1 aromatic carbocycles. The van der Waals surface area contributed by atoms with E-state index in [-0.39, 0.29) is 18.8 Å². The van der Waals surface area contributed by atoms with Gasteiger partial charge < -0.3 is 10.0 Å². The van der Waals surface area contributed by atoms with Crippen molar-refractivity contribution in [2.24, 2.45) is 5.92 Å². The average molecular weight is 287 g/mol. The van der Waals surface area contributed by atoms with Gasteiger partial charge in [-0.1, -0.05) is 25.1 Å². The molecule has 110 valence electrons. The standard InChI is InChI=1S/C14H16F3NO2/c1-3-8-18(9-10(2)13(19)20)12-7-5-4-6-11(12)14(15,16)17/h3-7,10H,1,8-9H2,2H3,(H,19,20). The molecule has 1 unspecified atom stereocenters. The van der Waals surface area contributed by atoms with E-state index in [0.29, 0.717) is 0 Å². The van der Waals surface area contributed by atoms with E-state index in [0.717, 1.165) is 6.07 Å². The van der Waals surface area contributed by atoms with E-state index in [1.54, 1.807) is 0 Å². The number of nitrogens with zero attached hydrogens (tertiary/aromatic N) is 1. The smallest absolute Gasteiger partial charge is 0.418 e. The number of benzene rings is 1. The van der Waals surface area contributed by atoms with Crippen LogP contribution < -0.4 is 4.90 Å². The second kappa shape index (κ2) is 6.45. The van der Waals surface area contributed by atoms with Gasteiger partial charge in [0.1, 0.15) is 0 Å². The Morgan fingerprint density at radius 1 is 1.45 bits per heavy atom. The van der Waals surface area contributed by atoms with E-state index < -0.39 is 23.6 Å². The van der Waals surface area contributed by atoms with Crippen molar-refractivity contribution in [1.82, 2.24) is 0 Å². The zero-order chi connectivity index (χ0) is 15.3. The molecule has 0 saturated carbocycles. The lowest BCUT2D eigenvalue weighted by molar-refractivity contribution is -0.140.